The van der Waals surface area contributed by atoms with Gasteiger partial charge < -0.3 is 10.2 Å². The van der Waals surface area contributed by atoms with E-state index in [4.69, 9.17) is 4.98 Å². The lowest BCUT2D eigenvalue weighted by atomic mass is 9.49. The highest BCUT2D eigenvalue weighted by molar-refractivity contribution is 7.13. The van der Waals surface area contributed by atoms with Crippen molar-refractivity contribution in [2.45, 2.75) is 50.4 Å². The molecule has 1 aromatic rings. The van der Waals surface area contributed by atoms with Crippen molar-refractivity contribution in [2.24, 2.45) is 17.8 Å². The first kappa shape index (κ1) is 14.9. The van der Waals surface area contributed by atoms with Gasteiger partial charge in [0.15, 0.2) is 5.13 Å². The number of rotatable bonds is 6. The van der Waals surface area contributed by atoms with Crippen LogP contribution in [0.25, 0.3) is 0 Å². The first-order valence-corrected chi connectivity index (χ1v) is 10.00. The fraction of sp³-hybridized carbons (Fsp3) is 0.833. The van der Waals surface area contributed by atoms with Crippen LogP contribution in [0, 0.1) is 17.8 Å². The quantitative estimate of drug-likeness (QED) is 0.789. The van der Waals surface area contributed by atoms with Gasteiger partial charge in [0.25, 0.3) is 0 Å². The number of anilines is 1. The molecule has 1 heterocycles. The van der Waals surface area contributed by atoms with Crippen LogP contribution in [0.2, 0.25) is 0 Å². The van der Waals surface area contributed by atoms with Gasteiger partial charge in [-0.05, 0) is 56.3 Å². The smallest absolute Gasteiger partial charge is 0.182 e. The molecule has 0 amide bonds. The van der Waals surface area contributed by atoms with Gasteiger partial charge in [-0.2, -0.15) is 0 Å². The maximum Gasteiger partial charge on any atom is 0.182 e. The topological polar surface area (TPSA) is 29.4 Å². The average molecular weight is 321 g/mol. The molecule has 0 saturated heterocycles. The molecule has 2 N–H and O–H groups in total. The van der Waals surface area contributed by atoms with Gasteiger partial charge in [0, 0.05) is 23.8 Å². The van der Waals surface area contributed by atoms with Crippen LogP contribution in [0.5, 0.6) is 0 Å². The van der Waals surface area contributed by atoms with Gasteiger partial charge in [-0.25, -0.2) is 4.98 Å². The normalized spacial score (nSPS) is 36.2. The number of nitrogens with one attached hydrogen (secondary N) is 2. The monoisotopic (exact) mass is 320 g/mol. The predicted octanol–water partition coefficient (Wildman–Crippen LogP) is 2.56. The minimum absolute atomic E-state index is 0.457. The molecule has 1 aromatic heterocycles. The van der Waals surface area contributed by atoms with E-state index in [-0.39, 0.29) is 0 Å². The molecule has 0 spiro atoms. The van der Waals surface area contributed by atoms with E-state index in [1.165, 1.54) is 62.1 Å². The molecule has 4 aliphatic carbocycles. The van der Waals surface area contributed by atoms with Crippen LogP contribution in [0.3, 0.4) is 0 Å². The molecule has 22 heavy (non-hydrogen) atoms. The zero-order valence-electron chi connectivity index (χ0n) is 14.0. The average Bonchev–Trinajstić information content (AvgIpc) is 2.91. The fourth-order valence-corrected chi connectivity index (χ4v) is 6.52. The Morgan fingerprint density at radius 1 is 1.18 bits per heavy atom. The number of hydrogen-bond acceptors (Lipinski definition) is 3. The van der Waals surface area contributed by atoms with Crippen molar-refractivity contribution in [1.82, 2.24) is 4.98 Å². The molecule has 0 unspecified atom stereocenters. The van der Waals surface area contributed by atoms with Crippen LogP contribution in [0.1, 0.15) is 50.6 Å². The Morgan fingerprint density at radius 2 is 1.82 bits per heavy atom. The van der Waals surface area contributed by atoms with E-state index < -0.39 is 0 Å². The second-order valence-electron chi connectivity index (χ2n) is 8.47. The molecule has 0 aliphatic heterocycles. The zero-order valence-corrected chi connectivity index (χ0v) is 14.8. The Morgan fingerprint density at radius 3 is 2.41 bits per heavy atom. The Bertz CT molecular complexity index is 487. The van der Waals surface area contributed by atoms with Gasteiger partial charge in [0.1, 0.15) is 0 Å². The highest BCUT2D eigenvalue weighted by Gasteiger charge is 2.52. The molecule has 4 fully saturated rings. The third-order valence-corrected chi connectivity index (χ3v) is 7.02. The van der Waals surface area contributed by atoms with E-state index in [1.54, 1.807) is 0 Å². The van der Waals surface area contributed by atoms with Crippen molar-refractivity contribution in [3.8, 4) is 0 Å². The maximum absolute atomic E-state index is 5.02. The highest BCUT2D eigenvalue weighted by atomic mass is 32.1. The van der Waals surface area contributed by atoms with Crippen molar-refractivity contribution in [2.75, 3.05) is 32.5 Å². The Hall–Kier alpha value is -0.610. The summed E-state index contributed by atoms with van der Waals surface area (Å²) < 4.78 is 0. The number of nitrogens with zero attached hydrogens (tertiary/aromatic N) is 1. The molecule has 0 aromatic carbocycles. The third kappa shape index (κ3) is 2.80. The van der Waals surface area contributed by atoms with E-state index in [0.717, 1.165) is 29.4 Å². The van der Waals surface area contributed by atoms with Gasteiger partial charge >= 0.3 is 0 Å². The van der Waals surface area contributed by atoms with Gasteiger partial charge in [-0.1, -0.05) is 0 Å². The van der Waals surface area contributed by atoms with E-state index in [0.29, 0.717) is 5.41 Å². The molecule has 3 nitrogen and oxygen atoms in total. The lowest BCUT2D eigenvalue weighted by Gasteiger charge is -2.56. The van der Waals surface area contributed by atoms with E-state index in [9.17, 15) is 0 Å². The minimum atomic E-state index is 0.457. The zero-order chi connectivity index (χ0) is 15.2. The molecule has 4 aliphatic rings. The summed E-state index contributed by atoms with van der Waals surface area (Å²) in [6, 6.07) is 0. The highest BCUT2D eigenvalue weighted by Crippen LogP contribution is 2.60. The van der Waals surface area contributed by atoms with Gasteiger partial charge in [-0.15, -0.1) is 11.3 Å². The maximum atomic E-state index is 5.02. The third-order valence-electron chi connectivity index (χ3n) is 6.22. The minimum Gasteiger partial charge on any atom is -0.361 e. The van der Waals surface area contributed by atoms with Crippen molar-refractivity contribution in [3.63, 3.8) is 0 Å². The second kappa shape index (κ2) is 5.79. The number of aromatic nitrogens is 1. The molecule has 4 heteroatoms. The summed E-state index contributed by atoms with van der Waals surface area (Å²) in [5.41, 5.74) is 1.89. The van der Waals surface area contributed by atoms with Crippen LogP contribution in [-0.2, 0) is 5.41 Å². The van der Waals surface area contributed by atoms with Crippen LogP contribution in [0.15, 0.2) is 5.38 Å². The largest absolute Gasteiger partial charge is 0.361 e. The summed E-state index contributed by atoms with van der Waals surface area (Å²) in [6.07, 6.45) is 10.0. The second-order valence-corrected chi connectivity index (χ2v) is 9.33. The van der Waals surface area contributed by atoms with Crippen molar-refractivity contribution in [1.29, 1.82) is 0 Å². The Balaban J connectivity index is 1.41. The van der Waals surface area contributed by atoms with E-state index >= 15 is 0 Å². The van der Waals surface area contributed by atoms with Gasteiger partial charge in [0.05, 0.1) is 26.3 Å². The van der Waals surface area contributed by atoms with Gasteiger partial charge in [0.2, 0.25) is 0 Å². The van der Waals surface area contributed by atoms with Crippen LogP contribution < -0.4 is 10.2 Å². The first-order chi connectivity index (χ1) is 10.6. The van der Waals surface area contributed by atoms with E-state index in [1.807, 2.05) is 11.3 Å². The first-order valence-electron chi connectivity index (χ1n) is 9.12. The molecular weight excluding hydrogens is 290 g/mol. The van der Waals surface area contributed by atoms with Crippen LogP contribution >= 0.6 is 11.3 Å². The predicted molar refractivity (Wildman–Crippen MR) is 92.7 cm³/mol. The van der Waals surface area contributed by atoms with Crippen LogP contribution in [-0.4, -0.2) is 32.2 Å². The van der Waals surface area contributed by atoms with Gasteiger partial charge in [-0.3, -0.25) is 0 Å². The number of thiazole rings is 1. The lowest BCUT2D eigenvalue weighted by Crippen LogP contribution is -3.05. The standard InChI is InChI=1S/C18H29N3S/c1-21(2)5-3-4-19-17-20-16(12-22-17)18-9-13-6-14(10-18)8-15(7-13)11-18/h12-15H,3-11H2,1-2H3,(H,19,20)/p+1. The molecule has 122 valence electrons. The molecule has 0 atom stereocenters. The number of hydrogen-bond donors (Lipinski definition) is 2. The molecule has 4 saturated carbocycles. The summed E-state index contributed by atoms with van der Waals surface area (Å²) in [7, 11) is 4.43. The Kier molecular flexibility index (Phi) is 3.93. The molecular formula is C18H30N3S+. The van der Waals surface area contributed by atoms with Crippen molar-refractivity contribution < 1.29 is 4.90 Å². The Labute approximate surface area is 138 Å². The van der Waals surface area contributed by atoms with Crippen molar-refractivity contribution >= 4 is 16.5 Å². The summed E-state index contributed by atoms with van der Waals surface area (Å²) in [4.78, 5) is 6.54. The summed E-state index contributed by atoms with van der Waals surface area (Å²) in [6.45, 7) is 2.28. The summed E-state index contributed by atoms with van der Waals surface area (Å²) in [5, 5.41) is 7.07. The molecule has 0 radical (unpaired) electrons. The van der Waals surface area contributed by atoms with E-state index in [2.05, 4.69) is 24.8 Å². The molecule has 4 bridgehead atoms. The van der Waals surface area contributed by atoms with Crippen LogP contribution in [0.4, 0.5) is 5.13 Å². The van der Waals surface area contributed by atoms with Crippen molar-refractivity contribution in [3.05, 3.63) is 11.1 Å². The summed E-state index contributed by atoms with van der Waals surface area (Å²) >= 11 is 1.83. The number of quaternary nitrogens is 1. The SMILES string of the molecule is C[NH+](C)CCCNc1nc(C23CC4CC(CC(C4)C2)C3)cs1. The fourth-order valence-electron chi connectivity index (χ4n) is 5.66. The lowest BCUT2D eigenvalue weighted by molar-refractivity contribution is -0.858. The summed E-state index contributed by atoms with van der Waals surface area (Å²) in [5.74, 6) is 3.02. The molecule has 5 rings (SSSR count).